The molecule has 0 saturated heterocycles. The minimum absolute atomic E-state index is 0.318. The summed E-state index contributed by atoms with van der Waals surface area (Å²) in [7, 11) is 1.38. The van der Waals surface area contributed by atoms with Crippen LogP contribution in [0.3, 0.4) is 0 Å². The van der Waals surface area contributed by atoms with E-state index in [0.717, 1.165) is 16.1 Å². The molecule has 0 fully saturated rings. The quantitative estimate of drug-likeness (QED) is 0.749. The monoisotopic (exact) mass is 233 g/mol. The molecule has 3 nitrogen and oxygen atoms in total. The molecule has 16 heavy (non-hydrogen) atoms. The van der Waals surface area contributed by atoms with Gasteiger partial charge in [0.2, 0.25) is 0 Å². The van der Waals surface area contributed by atoms with Gasteiger partial charge < -0.3 is 4.74 Å². The van der Waals surface area contributed by atoms with Crippen molar-refractivity contribution in [1.29, 1.82) is 0 Å². The van der Waals surface area contributed by atoms with Gasteiger partial charge in [-0.15, -0.1) is 11.3 Å². The predicted molar refractivity (Wildman–Crippen MR) is 63.6 cm³/mol. The number of methoxy groups -OCH3 is 1. The number of carbonyl (C=O) groups is 1. The standard InChI is InChI=1S/C12H11NO2S/c1-8-5-9(11-13-3-4-16-11)7-10(6-8)12(14)15-2/h3-7H,1-2H3. The molecule has 0 aliphatic rings. The molecule has 0 spiro atoms. The number of hydrogen-bond donors (Lipinski definition) is 0. The van der Waals surface area contributed by atoms with Crippen molar-refractivity contribution in [2.24, 2.45) is 0 Å². The van der Waals surface area contributed by atoms with E-state index in [1.54, 1.807) is 23.6 Å². The summed E-state index contributed by atoms with van der Waals surface area (Å²) in [5, 5.41) is 2.82. The summed E-state index contributed by atoms with van der Waals surface area (Å²) in [5.74, 6) is -0.318. The Hall–Kier alpha value is -1.68. The van der Waals surface area contributed by atoms with Crippen LogP contribution in [-0.4, -0.2) is 18.1 Å². The fraction of sp³-hybridized carbons (Fsp3) is 0.167. The van der Waals surface area contributed by atoms with Gasteiger partial charge in [-0.05, 0) is 30.7 Å². The second-order valence-electron chi connectivity index (χ2n) is 3.42. The van der Waals surface area contributed by atoms with E-state index in [1.807, 2.05) is 24.4 Å². The Labute approximate surface area is 97.7 Å². The molecule has 0 bridgehead atoms. The molecule has 0 unspecified atom stereocenters. The van der Waals surface area contributed by atoms with Crippen LogP contribution in [0.25, 0.3) is 10.6 Å². The van der Waals surface area contributed by atoms with Crippen molar-refractivity contribution in [3.63, 3.8) is 0 Å². The number of aromatic nitrogens is 1. The summed E-state index contributed by atoms with van der Waals surface area (Å²) in [6.45, 7) is 1.95. The molecule has 0 N–H and O–H groups in total. The minimum Gasteiger partial charge on any atom is -0.465 e. The summed E-state index contributed by atoms with van der Waals surface area (Å²) in [6.07, 6.45) is 1.75. The largest absolute Gasteiger partial charge is 0.465 e. The highest BCUT2D eigenvalue weighted by Gasteiger charge is 2.09. The van der Waals surface area contributed by atoms with Crippen LogP contribution in [0.15, 0.2) is 29.8 Å². The Morgan fingerprint density at radius 2 is 2.19 bits per heavy atom. The van der Waals surface area contributed by atoms with Gasteiger partial charge >= 0.3 is 5.97 Å². The molecule has 1 aromatic carbocycles. The van der Waals surface area contributed by atoms with E-state index in [4.69, 9.17) is 4.74 Å². The Bertz CT molecular complexity index is 506. The van der Waals surface area contributed by atoms with Gasteiger partial charge in [0.25, 0.3) is 0 Å². The number of thiazole rings is 1. The van der Waals surface area contributed by atoms with Crippen molar-refractivity contribution >= 4 is 17.3 Å². The van der Waals surface area contributed by atoms with Crippen molar-refractivity contribution in [3.05, 3.63) is 40.9 Å². The fourth-order valence-electron chi connectivity index (χ4n) is 1.51. The van der Waals surface area contributed by atoms with E-state index in [1.165, 1.54) is 7.11 Å². The van der Waals surface area contributed by atoms with Gasteiger partial charge in [0.15, 0.2) is 0 Å². The number of benzene rings is 1. The molecule has 0 amide bonds. The third-order valence-electron chi connectivity index (χ3n) is 2.18. The topological polar surface area (TPSA) is 39.2 Å². The molecular weight excluding hydrogens is 222 g/mol. The summed E-state index contributed by atoms with van der Waals surface area (Å²) in [6, 6.07) is 5.62. The average molecular weight is 233 g/mol. The molecule has 0 radical (unpaired) electrons. The fourth-order valence-corrected chi connectivity index (χ4v) is 2.13. The first kappa shape index (κ1) is 10.8. The summed E-state index contributed by atoms with van der Waals surface area (Å²) >= 11 is 1.55. The SMILES string of the molecule is COC(=O)c1cc(C)cc(-c2nccs2)c1. The third-order valence-corrected chi connectivity index (χ3v) is 3.00. The van der Waals surface area contributed by atoms with Gasteiger partial charge in [-0.25, -0.2) is 9.78 Å². The number of hydrogen-bond acceptors (Lipinski definition) is 4. The maximum atomic E-state index is 11.4. The van der Waals surface area contributed by atoms with Gasteiger partial charge in [-0.3, -0.25) is 0 Å². The Morgan fingerprint density at radius 1 is 1.38 bits per heavy atom. The average Bonchev–Trinajstić information content (AvgIpc) is 2.80. The van der Waals surface area contributed by atoms with Gasteiger partial charge in [0.05, 0.1) is 12.7 Å². The van der Waals surface area contributed by atoms with Crippen LogP contribution in [0.4, 0.5) is 0 Å². The second-order valence-corrected chi connectivity index (χ2v) is 4.31. The number of esters is 1. The van der Waals surface area contributed by atoms with Crippen LogP contribution in [0.2, 0.25) is 0 Å². The van der Waals surface area contributed by atoms with Crippen molar-refractivity contribution in [3.8, 4) is 10.6 Å². The van der Waals surface area contributed by atoms with E-state index in [9.17, 15) is 4.79 Å². The van der Waals surface area contributed by atoms with Crippen LogP contribution in [0.1, 0.15) is 15.9 Å². The lowest BCUT2D eigenvalue weighted by Gasteiger charge is -2.04. The summed E-state index contributed by atoms with van der Waals surface area (Å²) in [4.78, 5) is 15.7. The van der Waals surface area contributed by atoms with E-state index in [0.29, 0.717) is 5.56 Å². The van der Waals surface area contributed by atoms with Gasteiger partial charge in [-0.2, -0.15) is 0 Å². The van der Waals surface area contributed by atoms with Crippen molar-refractivity contribution in [1.82, 2.24) is 4.98 Å². The zero-order valence-corrected chi connectivity index (χ0v) is 9.88. The smallest absolute Gasteiger partial charge is 0.337 e. The lowest BCUT2D eigenvalue weighted by atomic mass is 10.1. The molecule has 2 rings (SSSR count). The van der Waals surface area contributed by atoms with E-state index in [2.05, 4.69) is 4.98 Å². The summed E-state index contributed by atoms with van der Waals surface area (Å²) in [5.41, 5.74) is 2.54. The van der Waals surface area contributed by atoms with Crippen molar-refractivity contribution in [2.75, 3.05) is 7.11 Å². The maximum absolute atomic E-state index is 11.4. The minimum atomic E-state index is -0.318. The highest BCUT2D eigenvalue weighted by molar-refractivity contribution is 7.13. The van der Waals surface area contributed by atoms with Crippen LogP contribution < -0.4 is 0 Å². The van der Waals surface area contributed by atoms with Gasteiger partial charge in [0.1, 0.15) is 5.01 Å². The number of ether oxygens (including phenoxy) is 1. The molecule has 2 aromatic rings. The van der Waals surface area contributed by atoms with E-state index >= 15 is 0 Å². The Morgan fingerprint density at radius 3 is 2.81 bits per heavy atom. The predicted octanol–water partition coefficient (Wildman–Crippen LogP) is 2.91. The van der Waals surface area contributed by atoms with E-state index < -0.39 is 0 Å². The molecule has 0 saturated carbocycles. The summed E-state index contributed by atoms with van der Waals surface area (Å²) < 4.78 is 4.71. The highest BCUT2D eigenvalue weighted by atomic mass is 32.1. The normalized spacial score (nSPS) is 10.1. The molecule has 0 aliphatic heterocycles. The van der Waals surface area contributed by atoms with Crippen LogP contribution in [-0.2, 0) is 4.74 Å². The van der Waals surface area contributed by atoms with Crippen LogP contribution in [0.5, 0.6) is 0 Å². The first-order valence-corrected chi connectivity index (χ1v) is 5.68. The first-order valence-electron chi connectivity index (χ1n) is 4.80. The molecule has 82 valence electrons. The molecule has 1 aromatic heterocycles. The number of rotatable bonds is 2. The molecule has 4 heteroatoms. The van der Waals surface area contributed by atoms with Crippen molar-refractivity contribution in [2.45, 2.75) is 6.92 Å². The number of carbonyl (C=O) groups excluding carboxylic acids is 1. The lowest BCUT2D eigenvalue weighted by molar-refractivity contribution is 0.0600. The second kappa shape index (κ2) is 4.45. The lowest BCUT2D eigenvalue weighted by Crippen LogP contribution is -2.01. The zero-order valence-electron chi connectivity index (χ0n) is 9.06. The Kier molecular flexibility index (Phi) is 3.01. The van der Waals surface area contributed by atoms with E-state index in [-0.39, 0.29) is 5.97 Å². The Balaban J connectivity index is 2.48. The van der Waals surface area contributed by atoms with Gasteiger partial charge in [-0.1, -0.05) is 0 Å². The van der Waals surface area contributed by atoms with Gasteiger partial charge in [0, 0.05) is 17.1 Å². The van der Waals surface area contributed by atoms with Crippen LogP contribution >= 0.6 is 11.3 Å². The molecular formula is C12H11NO2S. The zero-order chi connectivity index (χ0) is 11.5. The number of aryl methyl sites for hydroxylation is 1. The van der Waals surface area contributed by atoms with Crippen molar-refractivity contribution < 1.29 is 9.53 Å². The number of nitrogens with zero attached hydrogens (tertiary/aromatic N) is 1. The molecule has 0 atom stereocenters. The highest BCUT2D eigenvalue weighted by Crippen LogP contribution is 2.24. The van der Waals surface area contributed by atoms with Crippen LogP contribution in [0, 0.1) is 6.92 Å². The third kappa shape index (κ3) is 2.12. The maximum Gasteiger partial charge on any atom is 0.337 e. The molecule has 0 aliphatic carbocycles. The first-order chi connectivity index (χ1) is 7.70. The molecule has 1 heterocycles.